The zero-order chi connectivity index (χ0) is 8.11. The molecule has 2 aliphatic rings. The highest BCUT2D eigenvalue weighted by atomic mass is 32.2. The Kier molecular flexibility index (Phi) is 1.54. The van der Waals surface area contributed by atoms with Crippen LogP contribution in [0.3, 0.4) is 0 Å². The van der Waals surface area contributed by atoms with E-state index in [1.54, 1.807) is 0 Å². The first-order valence-corrected chi connectivity index (χ1v) is 5.33. The van der Waals surface area contributed by atoms with Gasteiger partial charge in [-0.1, -0.05) is 6.92 Å². The van der Waals surface area contributed by atoms with Gasteiger partial charge in [0.15, 0.2) is 0 Å². The number of hydrogen-bond acceptors (Lipinski definition) is 3. The van der Waals surface area contributed by atoms with Gasteiger partial charge in [-0.05, 0) is 24.5 Å². The van der Waals surface area contributed by atoms with E-state index in [9.17, 15) is 5.11 Å². The van der Waals surface area contributed by atoms with Crippen molar-refractivity contribution in [1.82, 2.24) is 0 Å². The first-order valence-electron chi connectivity index (χ1n) is 4.17. The second-order valence-electron chi connectivity index (χ2n) is 3.98. The Morgan fingerprint density at radius 1 is 1.64 bits per heavy atom. The number of rotatable bonds is 1. The highest BCUT2D eigenvalue weighted by Crippen LogP contribution is 2.53. The van der Waals surface area contributed by atoms with E-state index in [0.29, 0.717) is 5.92 Å². The third-order valence-electron chi connectivity index (χ3n) is 3.23. The van der Waals surface area contributed by atoms with Crippen LogP contribution < -0.4 is 5.73 Å². The Hall–Kier alpha value is 0.270. The lowest BCUT2D eigenvalue weighted by Gasteiger charge is -2.29. The minimum Gasteiger partial charge on any atom is -0.387 e. The number of nitrogens with two attached hydrogens (primary N) is 1. The summed E-state index contributed by atoms with van der Waals surface area (Å²) in [4.78, 5) is 0. The summed E-state index contributed by atoms with van der Waals surface area (Å²) in [5.41, 5.74) is 5.28. The van der Waals surface area contributed by atoms with Gasteiger partial charge in [-0.25, -0.2) is 0 Å². The van der Waals surface area contributed by atoms with Gasteiger partial charge >= 0.3 is 0 Å². The van der Waals surface area contributed by atoms with Crippen LogP contribution in [-0.2, 0) is 0 Å². The lowest BCUT2D eigenvalue weighted by Crippen LogP contribution is -2.52. The summed E-state index contributed by atoms with van der Waals surface area (Å²) in [6, 6.07) is 0. The zero-order valence-electron chi connectivity index (χ0n) is 6.84. The molecule has 1 aliphatic heterocycles. The van der Waals surface area contributed by atoms with Crippen LogP contribution in [0.5, 0.6) is 0 Å². The molecule has 1 saturated carbocycles. The summed E-state index contributed by atoms with van der Waals surface area (Å²) >= 11 is 1.82. The van der Waals surface area contributed by atoms with Gasteiger partial charge in [0, 0.05) is 11.3 Å². The highest BCUT2D eigenvalue weighted by Gasteiger charge is 2.62. The lowest BCUT2D eigenvalue weighted by molar-refractivity contribution is 0.0250. The third-order valence-corrected chi connectivity index (χ3v) is 4.40. The van der Waals surface area contributed by atoms with Crippen molar-refractivity contribution in [2.45, 2.75) is 30.9 Å². The topological polar surface area (TPSA) is 46.2 Å². The van der Waals surface area contributed by atoms with E-state index >= 15 is 0 Å². The summed E-state index contributed by atoms with van der Waals surface area (Å²) in [6.45, 7) is 2.13. The summed E-state index contributed by atoms with van der Waals surface area (Å²) < 4.78 is 0. The van der Waals surface area contributed by atoms with E-state index < -0.39 is 5.60 Å². The number of hydrogen-bond donors (Lipinski definition) is 2. The fourth-order valence-corrected chi connectivity index (χ4v) is 3.39. The van der Waals surface area contributed by atoms with Crippen LogP contribution in [0, 0.1) is 5.92 Å². The van der Waals surface area contributed by atoms with Crippen LogP contribution in [0.15, 0.2) is 0 Å². The van der Waals surface area contributed by atoms with Crippen molar-refractivity contribution in [2.75, 3.05) is 11.5 Å². The first kappa shape index (κ1) is 7.90. The maximum atomic E-state index is 10.1. The Morgan fingerprint density at radius 3 is 2.64 bits per heavy atom. The van der Waals surface area contributed by atoms with Crippen molar-refractivity contribution in [3.8, 4) is 0 Å². The Morgan fingerprint density at radius 2 is 2.27 bits per heavy atom. The molecule has 1 aliphatic carbocycles. The van der Waals surface area contributed by atoms with Crippen LogP contribution >= 0.6 is 11.8 Å². The minimum absolute atomic E-state index is 0.240. The molecule has 0 aromatic carbocycles. The van der Waals surface area contributed by atoms with Gasteiger partial charge in [-0.15, -0.1) is 0 Å². The predicted molar refractivity (Wildman–Crippen MR) is 47.6 cm³/mol. The van der Waals surface area contributed by atoms with Crippen molar-refractivity contribution >= 4 is 11.8 Å². The van der Waals surface area contributed by atoms with Crippen LogP contribution in [-0.4, -0.2) is 27.8 Å². The smallest absolute Gasteiger partial charge is 0.0926 e. The molecular formula is C8H15NOS. The normalized spacial score (nSPS) is 56.5. The minimum atomic E-state index is -0.545. The molecule has 1 heterocycles. The molecule has 64 valence electrons. The standard InChI is InChI=1S/C8H15NOS/c1-6-4-8(6,9)7(10)2-3-11-5-7/h6,10H,2-5,9H2,1H3. The zero-order valence-corrected chi connectivity index (χ0v) is 7.66. The van der Waals surface area contributed by atoms with E-state index in [1.165, 1.54) is 0 Å². The Labute approximate surface area is 71.5 Å². The van der Waals surface area contributed by atoms with E-state index in [4.69, 9.17) is 5.73 Å². The molecule has 3 unspecified atom stereocenters. The van der Waals surface area contributed by atoms with Crippen LogP contribution in [0.2, 0.25) is 0 Å². The van der Waals surface area contributed by atoms with E-state index in [2.05, 4.69) is 6.92 Å². The molecule has 2 nitrogen and oxygen atoms in total. The lowest BCUT2D eigenvalue weighted by atomic mass is 9.90. The van der Waals surface area contributed by atoms with E-state index in [1.807, 2.05) is 11.8 Å². The van der Waals surface area contributed by atoms with Crippen LogP contribution in [0.25, 0.3) is 0 Å². The van der Waals surface area contributed by atoms with Gasteiger partial charge in [0.25, 0.3) is 0 Å². The van der Waals surface area contributed by atoms with Crippen molar-refractivity contribution in [3.05, 3.63) is 0 Å². The summed E-state index contributed by atoms with van der Waals surface area (Å²) in [6.07, 6.45) is 1.89. The molecule has 0 spiro atoms. The van der Waals surface area contributed by atoms with E-state index in [0.717, 1.165) is 24.3 Å². The van der Waals surface area contributed by atoms with Crippen molar-refractivity contribution < 1.29 is 5.11 Å². The number of aliphatic hydroxyl groups is 1. The molecule has 3 atom stereocenters. The quantitative estimate of drug-likeness (QED) is 0.610. The van der Waals surface area contributed by atoms with Gasteiger partial charge in [0.05, 0.1) is 5.60 Å². The van der Waals surface area contributed by atoms with E-state index in [-0.39, 0.29) is 5.54 Å². The largest absolute Gasteiger partial charge is 0.387 e. The molecule has 3 N–H and O–H groups in total. The van der Waals surface area contributed by atoms with Gasteiger partial charge < -0.3 is 10.8 Å². The SMILES string of the molecule is CC1CC1(N)C1(O)CCSC1. The summed E-state index contributed by atoms with van der Waals surface area (Å²) in [5.74, 6) is 2.43. The van der Waals surface area contributed by atoms with Gasteiger partial charge in [-0.3, -0.25) is 0 Å². The summed E-state index contributed by atoms with van der Waals surface area (Å²) in [7, 11) is 0. The van der Waals surface area contributed by atoms with Crippen molar-refractivity contribution in [3.63, 3.8) is 0 Å². The maximum absolute atomic E-state index is 10.1. The van der Waals surface area contributed by atoms with Crippen LogP contribution in [0.4, 0.5) is 0 Å². The Balaban J connectivity index is 2.14. The molecule has 0 radical (unpaired) electrons. The molecule has 2 fully saturated rings. The van der Waals surface area contributed by atoms with Gasteiger partial charge in [-0.2, -0.15) is 11.8 Å². The number of thioether (sulfide) groups is 1. The van der Waals surface area contributed by atoms with Gasteiger partial charge in [0.2, 0.25) is 0 Å². The molecule has 1 saturated heterocycles. The monoisotopic (exact) mass is 173 g/mol. The summed E-state index contributed by atoms with van der Waals surface area (Å²) in [5, 5.41) is 10.1. The first-order chi connectivity index (χ1) is 5.08. The van der Waals surface area contributed by atoms with Gasteiger partial charge in [0.1, 0.15) is 0 Å². The Bertz CT molecular complexity index is 179. The average molecular weight is 173 g/mol. The molecular weight excluding hydrogens is 158 g/mol. The molecule has 0 aromatic rings. The maximum Gasteiger partial charge on any atom is 0.0926 e. The highest BCUT2D eigenvalue weighted by molar-refractivity contribution is 7.99. The predicted octanol–water partition coefficient (Wildman–Crippen LogP) is 0.592. The van der Waals surface area contributed by atoms with Crippen molar-refractivity contribution in [2.24, 2.45) is 11.7 Å². The fourth-order valence-electron chi connectivity index (χ4n) is 2.02. The molecule has 0 aromatic heterocycles. The molecule has 3 heteroatoms. The molecule has 0 bridgehead atoms. The fraction of sp³-hybridized carbons (Fsp3) is 1.00. The molecule has 0 amide bonds. The second kappa shape index (κ2) is 2.15. The molecule has 11 heavy (non-hydrogen) atoms. The average Bonchev–Trinajstić information content (AvgIpc) is 2.46. The molecule has 2 rings (SSSR count). The second-order valence-corrected chi connectivity index (χ2v) is 5.08. The van der Waals surface area contributed by atoms with Crippen LogP contribution in [0.1, 0.15) is 19.8 Å². The third kappa shape index (κ3) is 0.945. The van der Waals surface area contributed by atoms with Crippen molar-refractivity contribution in [1.29, 1.82) is 0 Å².